The van der Waals surface area contributed by atoms with E-state index in [0.29, 0.717) is 12.8 Å². The second kappa shape index (κ2) is 5.75. The van der Waals surface area contributed by atoms with Crippen molar-refractivity contribution in [2.24, 2.45) is 5.92 Å². The number of allylic oxidation sites excluding steroid dienone is 2. The fraction of sp³-hybridized carbons (Fsp3) is 0.643. The molecule has 8 heteroatoms. The van der Waals surface area contributed by atoms with Crippen LogP contribution in [0.2, 0.25) is 0 Å². The first-order valence-electron chi connectivity index (χ1n) is 7.15. The lowest BCUT2D eigenvalue weighted by Crippen LogP contribution is -2.37. The van der Waals surface area contributed by atoms with Crippen LogP contribution in [0.15, 0.2) is 16.7 Å². The molecule has 0 aromatic carbocycles. The van der Waals surface area contributed by atoms with Crippen molar-refractivity contribution >= 4 is 5.91 Å². The molecule has 1 aliphatic heterocycles. The molecule has 0 saturated carbocycles. The maximum Gasteiger partial charge on any atom is 0.267 e. The largest absolute Gasteiger partial charge is 0.377 e. The molecular formula is C14H17F2N3O3. The molecule has 6 nitrogen and oxygen atoms in total. The van der Waals surface area contributed by atoms with E-state index >= 15 is 0 Å². The molecule has 1 aromatic rings. The second-order valence-electron chi connectivity index (χ2n) is 5.66. The number of nitrogens with zero attached hydrogens (tertiary/aromatic N) is 3. The van der Waals surface area contributed by atoms with E-state index in [1.165, 1.54) is 12.0 Å². The summed E-state index contributed by atoms with van der Waals surface area (Å²) in [6.45, 7) is -0.470. The first-order chi connectivity index (χ1) is 10.5. The van der Waals surface area contributed by atoms with Crippen molar-refractivity contribution in [2.45, 2.75) is 37.8 Å². The van der Waals surface area contributed by atoms with Crippen molar-refractivity contribution in [1.82, 2.24) is 15.0 Å². The van der Waals surface area contributed by atoms with Crippen LogP contribution >= 0.6 is 0 Å². The summed E-state index contributed by atoms with van der Waals surface area (Å²) in [6, 6.07) is -0.874. The van der Waals surface area contributed by atoms with Crippen LogP contribution < -0.4 is 0 Å². The third kappa shape index (κ3) is 2.87. The number of amides is 1. The lowest BCUT2D eigenvalue weighted by molar-refractivity contribution is -0.137. The molecule has 22 heavy (non-hydrogen) atoms. The molecule has 1 amide bonds. The Hall–Kier alpha value is -1.83. The van der Waals surface area contributed by atoms with E-state index in [-0.39, 0.29) is 30.1 Å². The quantitative estimate of drug-likeness (QED) is 0.796. The van der Waals surface area contributed by atoms with Gasteiger partial charge in [0.15, 0.2) is 5.82 Å². The van der Waals surface area contributed by atoms with Crippen LogP contribution in [0, 0.1) is 5.92 Å². The third-order valence-electron chi connectivity index (χ3n) is 3.95. The zero-order chi connectivity index (χ0) is 15.7. The summed E-state index contributed by atoms with van der Waals surface area (Å²) in [5, 5.41) is 3.68. The van der Waals surface area contributed by atoms with Crippen LogP contribution in [0.5, 0.6) is 0 Å². The Balaban J connectivity index is 1.81. The normalized spacial score (nSPS) is 24.3. The topological polar surface area (TPSA) is 68.5 Å². The van der Waals surface area contributed by atoms with Gasteiger partial charge in [0.2, 0.25) is 11.8 Å². The lowest BCUT2D eigenvalue weighted by atomic mass is 10.1. The first-order valence-corrected chi connectivity index (χ1v) is 7.15. The monoisotopic (exact) mass is 313 g/mol. The van der Waals surface area contributed by atoms with Gasteiger partial charge in [0.1, 0.15) is 12.6 Å². The van der Waals surface area contributed by atoms with Crippen molar-refractivity contribution < 1.29 is 22.8 Å². The highest BCUT2D eigenvalue weighted by molar-refractivity contribution is 5.80. The number of rotatable bonds is 4. The van der Waals surface area contributed by atoms with Crippen molar-refractivity contribution in [2.75, 3.05) is 13.7 Å². The summed E-state index contributed by atoms with van der Waals surface area (Å²) >= 11 is 0. The molecule has 1 aliphatic carbocycles. The van der Waals surface area contributed by atoms with E-state index in [1.54, 1.807) is 0 Å². The van der Waals surface area contributed by atoms with E-state index in [4.69, 9.17) is 9.26 Å². The highest BCUT2D eigenvalue weighted by atomic mass is 19.3. The Morgan fingerprint density at radius 1 is 1.50 bits per heavy atom. The number of likely N-dealkylation sites (tertiary alicyclic amines) is 1. The second-order valence-corrected chi connectivity index (χ2v) is 5.66. The predicted molar refractivity (Wildman–Crippen MR) is 70.9 cm³/mol. The zero-order valence-corrected chi connectivity index (χ0v) is 12.2. The molecule has 1 fully saturated rings. The minimum atomic E-state index is -2.94. The lowest BCUT2D eigenvalue weighted by Gasteiger charge is -2.24. The Morgan fingerprint density at radius 2 is 2.23 bits per heavy atom. The minimum absolute atomic E-state index is 0.0449. The molecule has 0 N–H and O–H groups in total. The molecule has 2 heterocycles. The summed E-state index contributed by atoms with van der Waals surface area (Å²) in [5.74, 6) is -3.16. The number of ether oxygens (including phenoxy) is 1. The van der Waals surface area contributed by atoms with Crippen molar-refractivity contribution in [3.8, 4) is 0 Å². The van der Waals surface area contributed by atoms with Crippen LogP contribution in [0.4, 0.5) is 8.78 Å². The van der Waals surface area contributed by atoms with Gasteiger partial charge in [-0.05, 0) is 12.8 Å². The Bertz CT molecular complexity index is 580. The van der Waals surface area contributed by atoms with Gasteiger partial charge in [-0.25, -0.2) is 8.78 Å². The van der Waals surface area contributed by atoms with E-state index in [0.717, 1.165) is 0 Å². The Kier molecular flexibility index (Phi) is 3.94. The summed E-state index contributed by atoms with van der Waals surface area (Å²) in [7, 11) is 1.47. The first kappa shape index (κ1) is 15.1. The van der Waals surface area contributed by atoms with Crippen LogP contribution in [0.25, 0.3) is 0 Å². The smallest absolute Gasteiger partial charge is 0.267 e. The zero-order valence-electron chi connectivity index (χ0n) is 12.2. The summed E-state index contributed by atoms with van der Waals surface area (Å²) in [5.41, 5.74) is 0. The van der Waals surface area contributed by atoms with Gasteiger partial charge in [0, 0.05) is 19.4 Å². The van der Waals surface area contributed by atoms with Gasteiger partial charge < -0.3 is 14.2 Å². The predicted octanol–water partition coefficient (Wildman–Crippen LogP) is 2.09. The van der Waals surface area contributed by atoms with Gasteiger partial charge in [-0.15, -0.1) is 0 Å². The van der Waals surface area contributed by atoms with Gasteiger partial charge >= 0.3 is 0 Å². The fourth-order valence-corrected chi connectivity index (χ4v) is 2.91. The molecule has 0 spiro atoms. The van der Waals surface area contributed by atoms with Crippen molar-refractivity contribution in [3.05, 3.63) is 23.9 Å². The molecule has 3 rings (SSSR count). The molecule has 0 radical (unpaired) electrons. The number of carbonyl (C=O) groups is 1. The molecular weight excluding hydrogens is 296 g/mol. The molecule has 2 aliphatic rings. The molecule has 1 atom stereocenters. The van der Waals surface area contributed by atoms with Gasteiger partial charge in [-0.2, -0.15) is 4.98 Å². The van der Waals surface area contributed by atoms with E-state index < -0.39 is 24.9 Å². The average Bonchev–Trinajstić information content (AvgIpc) is 3.17. The fourth-order valence-electron chi connectivity index (χ4n) is 2.91. The van der Waals surface area contributed by atoms with Gasteiger partial charge in [0.25, 0.3) is 5.92 Å². The highest BCUT2D eigenvalue weighted by Crippen LogP contribution is 2.42. The van der Waals surface area contributed by atoms with E-state index in [1.807, 2.05) is 12.2 Å². The average molecular weight is 313 g/mol. The number of alkyl halides is 2. The van der Waals surface area contributed by atoms with Crippen molar-refractivity contribution in [1.29, 1.82) is 0 Å². The number of hydrogen-bond acceptors (Lipinski definition) is 5. The maximum absolute atomic E-state index is 13.8. The molecule has 120 valence electrons. The maximum atomic E-state index is 13.8. The van der Waals surface area contributed by atoms with E-state index in [9.17, 15) is 13.6 Å². The van der Waals surface area contributed by atoms with Crippen LogP contribution in [0.1, 0.15) is 37.0 Å². The SMILES string of the molecule is COCc1noc(C2CC(F)(F)CN2C(=O)C2CC=CC2)n1. The number of aromatic nitrogens is 2. The highest BCUT2D eigenvalue weighted by Gasteiger charge is 2.50. The van der Waals surface area contributed by atoms with Gasteiger partial charge in [-0.3, -0.25) is 4.79 Å². The molecule has 1 unspecified atom stereocenters. The number of hydrogen-bond donors (Lipinski definition) is 0. The molecule has 0 bridgehead atoms. The standard InChI is InChI=1S/C14H17F2N3O3/c1-21-7-11-17-12(22-18-11)10-6-14(15,16)8-19(10)13(20)9-4-2-3-5-9/h2-3,9-10H,4-8H2,1H3. The summed E-state index contributed by atoms with van der Waals surface area (Å²) in [6.07, 6.45) is 4.48. The van der Waals surface area contributed by atoms with Gasteiger partial charge in [-0.1, -0.05) is 17.3 Å². The Labute approximate surface area is 126 Å². The van der Waals surface area contributed by atoms with Crippen LogP contribution in [-0.2, 0) is 16.1 Å². The molecule has 1 saturated heterocycles. The van der Waals surface area contributed by atoms with Crippen molar-refractivity contribution in [3.63, 3.8) is 0 Å². The van der Waals surface area contributed by atoms with Crippen LogP contribution in [0.3, 0.4) is 0 Å². The number of carbonyl (C=O) groups excluding carboxylic acids is 1. The minimum Gasteiger partial charge on any atom is -0.377 e. The van der Waals surface area contributed by atoms with E-state index in [2.05, 4.69) is 10.1 Å². The Morgan fingerprint density at radius 3 is 2.91 bits per heavy atom. The third-order valence-corrected chi connectivity index (χ3v) is 3.95. The summed E-state index contributed by atoms with van der Waals surface area (Å²) in [4.78, 5) is 17.7. The summed E-state index contributed by atoms with van der Waals surface area (Å²) < 4.78 is 37.5. The molecule has 1 aromatic heterocycles. The van der Waals surface area contributed by atoms with Crippen LogP contribution in [-0.4, -0.2) is 40.5 Å². The van der Waals surface area contributed by atoms with Gasteiger partial charge in [0.05, 0.1) is 6.54 Å². The number of halogens is 2. The number of methoxy groups -OCH3 is 1.